The number of hydrogen-bond donors (Lipinski definition) is 0. The van der Waals surface area contributed by atoms with Gasteiger partial charge in [-0.3, -0.25) is 4.99 Å². The largest absolute Gasteiger partial charge is 0.297 e. The van der Waals surface area contributed by atoms with Gasteiger partial charge in [0.2, 0.25) is 0 Å². The van der Waals surface area contributed by atoms with E-state index in [-0.39, 0.29) is 0 Å². The van der Waals surface area contributed by atoms with Crippen LogP contribution in [0.15, 0.2) is 4.99 Å². The van der Waals surface area contributed by atoms with E-state index in [1.165, 1.54) is 5.71 Å². The van der Waals surface area contributed by atoms with Gasteiger partial charge in [-0.25, -0.2) is 0 Å². The van der Waals surface area contributed by atoms with Gasteiger partial charge >= 0.3 is 0 Å². The van der Waals surface area contributed by atoms with Gasteiger partial charge in [-0.1, -0.05) is 27.7 Å². The molecule has 1 heteroatoms. The van der Waals surface area contributed by atoms with Crippen LogP contribution in [-0.2, 0) is 0 Å². The molecule has 0 aliphatic heterocycles. The molecule has 9 heavy (non-hydrogen) atoms. The minimum Gasteiger partial charge on any atom is -0.297 e. The molecule has 0 radical (unpaired) electrons. The molecule has 0 bridgehead atoms. The van der Waals surface area contributed by atoms with Crippen molar-refractivity contribution in [2.24, 2.45) is 16.8 Å². The quantitative estimate of drug-likeness (QED) is 0.505. The van der Waals surface area contributed by atoms with Gasteiger partial charge in [0.1, 0.15) is 0 Å². The molecule has 0 amide bonds. The van der Waals surface area contributed by atoms with Gasteiger partial charge in [0.25, 0.3) is 0 Å². The van der Waals surface area contributed by atoms with Crippen LogP contribution in [0, 0.1) is 11.8 Å². The number of nitrogens with zero attached hydrogens (tertiary/aromatic N) is 1. The summed E-state index contributed by atoms with van der Waals surface area (Å²) < 4.78 is 0. The maximum absolute atomic E-state index is 4.20. The normalized spacial score (nSPS) is 10.6. The Balaban J connectivity index is 4.01. The molecule has 0 aromatic heterocycles. The molecule has 0 N–H and O–H groups in total. The summed E-state index contributed by atoms with van der Waals surface area (Å²) in [4.78, 5) is 4.20. The lowest BCUT2D eigenvalue weighted by Gasteiger charge is -2.11. The highest BCUT2D eigenvalue weighted by Gasteiger charge is 2.07. The number of hydrogen-bond acceptors (Lipinski definition) is 1. The molecule has 0 saturated carbocycles. The zero-order valence-electron chi connectivity index (χ0n) is 7.10. The van der Waals surface area contributed by atoms with Crippen molar-refractivity contribution in [2.45, 2.75) is 27.7 Å². The predicted octanol–water partition coefficient (Wildman–Crippen LogP) is 2.37. The zero-order chi connectivity index (χ0) is 7.44. The summed E-state index contributed by atoms with van der Waals surface area (Å²) in [6.07, 6.45) is 0. The highest BCUT2D eigenvalue weighted by atomic mass is 14.7. The fourth-order valence-corrected chi connectivity index (χ4v) is 1.18. The first kappa shape index (κ1) is 8.67. The van der Waals surface area contributed by atoms with Gasteiger partial charge in [-0.2, -0.15) is 0 Å². The summed E-state index contributed by atoms with van der Waals surface area (Å²) in [5, 5.41) is 0. The van der Waals surface area contributed by atoms with E-state index in [9.17, 15) is 0 Å². The second-order valence-corrected chi connectivity index (χ2v) is 2.96. The Morgan fingerprint density at radius 1 is 1.00 bits per heavy atom. The van der Waals surface area contributed by atoms with Gasteiger partial charge in [0.15, 0.2) is 0 Å². The predicted molar refractivity (Wildman–Crippen MR) is 43.0 cm³/mol. The highest BCUT2D eigenvalue weighted by molar-refractivity contribution is 5.87. The molecule has 0 aliphatic rings. The first-order valence-electron chi connectivity index (χ1n) is 3.56. The van der Waals surface area contributed by atoms with E-state index in [0.29, 0.717) is 11.8 Å². The highest BCUT2D eigenvalue weighted by Crippen LogP contribution is 2.06. The molecule has 0 aromatic carbocycles. The smallest absolute Gasteiger partial charge is 0.0276 e. The summed E-state index contributed by atoms with van der Waals surface area (Å²) in [7, 11) is 1.87. The third-order valence-electron chi connectivity index (χ3n) is 1.44. The van der Waals surface area contributed by atoms with Gasteiger partial charge in [-0.05, 0) is 11.8 Å². The van der Waals surface area contributed by atoms with E-state index in [0.717, 1.165) is 0 Å². The van der Waals surface area contributed by atoms with Gasteiger partial charge in [0.05, 0.1) is 0 Å². The first-order chi connectivity index (χ1) is 4.09. The van der Waals surface area contributed by atoms with Crippen molar-refractivity contribution in [1.82, 2.24) is 0 Å². The van der Waals surface area contributed by atoms with Crippen molar-refractivity contribution in [3.63, 3.8) is 0 Å². The van der Waals surface area contributed by atoms with Crippen molar-refractivity contribution in [1.29, 1.82) is 0 Å². The molecule has 0 spiro atoms. The topological polar surface area (TPSA) is 12.4 Å². The Labute approximate surface area is 58.2 Å². The molecule has 0 aliphatic carbocycles. The van der Waals surface area contributed by atoms with Crippen molar-refractivity contribution in [2.75, 3.05) is 7.05 Å². The summed E-state index contributed by atoms with van der Waals surface area (Å²) in [6.45, 7) is 8.73. The Bertz CT molecular complexity index is 91.1. The molecular formula is C8H17N. The molecule has 0 saturated heterocycles. The molecule has 0 rings (SSSR count). The maximum Gasteiger partial charge on any atom is 0.0276 e. The van der Waals surface area contributed by atoms with Crippen LogP contribution in [0.2, 0.25) is 0 Å². The summed E-state index contributed by atoms with van der Waals surface area (Å²) in [5.74, 6) is 1.21. The standard InChI is InChI=1S/C8H17N/c1-6(2)8(9-5)7(3)4/h6-7H,1-5H3. The van der Waals surface area contributed by atoms with E-state index in [1.54, 1.807) is 0 Å². The van der Waals surface area contributed by atoms with Crippen molar-refractivity contribution in [3.05, 3.63) is 0 Å². The maximum atomic E-state index is 4.20. The van der Waals surface area contributed by atoms with E-state index in [2.05, 4.69) is 32.7 Å². The lowest BCUT2D eigenvalue weighted by Crippen LogP contribution is -2.14. The van der Waals surface area contributed by atoms with E-state index in [4.69, 9.17) is 0 Å². The Morgan fingerprint density at radius 3 is 1.33 bits per heavy atom. The molecule has 1 nitrogen and oxygen atoms in total. The van der Waals surface area contributed by atoms with Crippen LogP contribution >= 0.6 is 0 Å². The van der Waals surface area contributed by atoms with Crippen LogP contribution in [0.3, 0.4) is 0 Å². The Hall–Kier alpha value is -0.330. The summed E-state index contributed by atoms with van der Waals surface area (Å²) in [6, 6.07) is 0. The molecular weight excluding hydrogens is 110 g/mol. The molecule has 54 valence electrons. The van der Waals surface area contributed by atoms with Gasteiger partial charge < -0.3 is 0 Å². The Kier molecular flexibility index (Phi) is 3.52. The van der Waals surface area contributed by atoms with Gasteiger partial charge in [-0.15, -0.1) is 0 Å². The van der Waals surface area contributed by atoms with Crippen LogP contribution in [0.25, 0.3) is 0 Å². The average molecular weight is 127 g/mol. The molecule has 0 atom stereocenters. The summed E-state index contributed by atoms with van der Waals surface area (Å²) >= 11 is 0. The number of aliphatic imine (C=N–C) groups is 1. The first-order valence-corrected chi connectivity index (χ1v) is 3.56. The van der Waals surface area contributed by atoms with Crippen LogP contribution in [0.1, 0.15) is 27.7 Å². The minimum atomic E-state index is 0.606. The van der Waals surface area contributed by atoms with Crippen LogP contribution < -0.4 is 0 Å². The second-order valence-electron chi connectivity index (χ2n) is 2.96. The molecule has 0 unspecified atom stereocenters. The molecule has 0 heterocycles. The zero-order valence-corrected chi connectivity index (χ0v) is 7.10. The van der Waals surface area contributed by atoms with Crippen molar-refractivity contribution in [3.8, 4) is 0 Å². The van der Waals surface area contributed by atoms with Crippen LogP contribution in [0.4, 0.5) is 0 Å². The van der Waals surface area contributed by atoms with Crippen molar-refractivity contribution >= 4 is 5.71 Å². The lowest BCUT2D eigenvalue weighted by atomic mass is 9.98. The fraction of sp³-hybridized carbons (Fsp3) is 0.875. The lowest BCUT2D eigenvalue weighted by molar-refractivity contribution is 0.762. The number of rotatable bonds is 2. The van der Waals surface area contributed by atoms with Crippen LogP contribution in [0.5, 0.6) is 0 Å². The van der Waals surface area contributed by atoms with Crippen molar-refractivity contribution < 1.29 is 0 Å². The summed E-state index contributed by atoms with van der Waals surface area (Å²) in [5.41, 5.74) is 1.31. The minimum absolute atomic E-state index is 0.606. The second kappa shape index (κ2) is 3.65. The Morgan fingerprint density at radius 2 is 1.33 bits per heavy atom. The van der Waals surface area contributed by atoms with Crippen LogP contribution in [-0.4, -0.2) is 12.8 Å². The third-order valence-corrected chi connectivity index (χ3v) is 1.44. The van der Waals surface area contributed by atoms with E-state index >= 15 is 0 Å². The SMILES string of the molecule is CN=C(C(C)C)C(C)C. The monoisotopic (exact) mass is 127 g/mol. The van der Waals surface area contributed by atoms with E-state index in [1.807, 2.05) is 7.05 Å². The molecule has 0 aromatic rings. The third kappa shape index (κ3) is 2.64. The van der Waals surface area contributed by atoms with E-state index < -0.39 is 0 Å². The average Bonchev–Trinajstić information content (AvgIpc) is 1.64. The fourth-order valence-electron chi connectivity index (χ4n) is 1.18. The van der Waals surface area contributed by atoms with Gasteiger partial charge in [0, 0.05) is 12.8 Å². The molecule has 0 fully saturated rings.